The summed E-state index contributed by atoms with van der Waals surface area (Å²) in [5.74, 6) is -0.483. The first-order valence-corrected chi connectivity index (χ1v) is 29.2. The molecule has 0 aliphatic rings. The monoisotopic (exact) mass is 928 g/mol. The minimum atomic E-state index is -0.792. The summed E-state index contributed by atoms with van der Waals surface area (Å²) in [6.07, 6.45) is 65.0. The molecule has 0 aliphatic carbocycles. The number of hydrogen-bond donors (Lipinski definition) is 3. The second-order valence-electron chi connectivity index (χ2n) is 20.1. The molecule has 0 aromatic heterocycles. The lowest BCUT2D eigenvalue weighted by atomic mass is 10.0. The summed E-state index contributed by atoms with van der Waals surface area (Å²) in [6, 6.07) is -0.707. The number of amides is 1. The van der Waals surface area contributed by atoms with Crippen LogP contribution >= 0.6 is 0 Å². The van der Waals surface area contributed by atoms with Gasteiger partial charge in [0.15, 0.2) is 0 Å². The molecule has 3 atom stereocenters. The van der Waals surface area contributed by atoms with E-state index < -0.39 is 18.2 Å². The van der Waals surface area contributed by atoms with Crippen LogP contribution in [-0.2, 0) is 14.3 Å². The standard InChI is InChI=1S/C60H113NO5/c1-4-7-10-13-16-19-22-25-27-28-29-30-32-35-38-41-44-47-50-53-60(65)66-56(51-48-45-42-39-36-33-24-21-18-15-12-9-6-3)54-59(64)61-57(55-62)58(63)52-49-46-43-40-37-34-31-26-23-20-17-14-11-8-5-2/h18,21,24-25,27,33,56-58,62-63H,4-17,19-20,22-23,26,28-32,34-55H2,1-3H3,(H,61,64)/b21-18+,27-25+,33-24+. The third-order valence-electron chi connectivity index (χ3n) is 13.5. The Balaban J connectivity index is 4.50. The van der Waals surface area contributed by atoms with E-state index in [-0.39, 0.29) is 24.9 Å². The van der Waals surface area contributed by atoms with E-state index >= 15 is 0 Å². The van der Waals surface area contributed by atoms with Gasteiger partial charge in [-0.3, -0.25) is 9.59 Å². The van der Waals surface area contributed by atoms with E-state index in [1.807, 2.05) is 0 Å². The number of unbranched alkanes of at least 4 members (excludes halogenated alkanes) is 36. The minimum absolute atomic E-state index is 0.0662. The number of esters is 1. The van der Waals surface area contributed by atoms with Crippen LogP contribution in [-0.4, -0.2) is 46.9 Å². The van der Waals surface area contributed by atoms with Gasteiger partial charge in [0.2, 0.25) is 5.91 Å². The number of nitrogens with one attached hydrogen (secondary N) is 1. The van der Waals surface area contributed by atoms with Crippen molar-refractivity contribution in [3.05, 3.63) is 36.5 Å². The van der Waals surface area contributed by atoms with E-state index in [0.717, 1.165) is 70.6 Å². The maximum absolute atomic E-state index is 13.3. The molecule has 388 valence electrons. The first-order chi connectivity index (χ1) is 32.5. The Kier molecular flexibility index (Phi) is 52.5. The predicted octanol–water partition coefficient (Wildman–Crippen LogP) is 18.0. The van der Waals surface area contributed by atoms with Gasteiger partial charge in [0.1, 0.15) is 6.10 Å². The van der Waals surface area contributed by atoms with Crippen molar-refractivity contribution >= 4 is 11.9 Å². The second kappa shape index (κ2) is 54.0. The maximum Gasteiger partial charge on any atom is 0.306 e. The van der Waals surface area contributed by atoms with E-state index in [1.165, 1.54) is 193 Å². The summed E-state index contributed by atoms with van der Waals surface area (Å²) in [5, 5.41) is 23.9. The molecule has 3 unspecified atom stereocenters. The summed E-state index contributed by atoms with van der Waals surface area (Å²) in [6.45, 7) is 6.48. The fraction of sp³-hybridized carbons (Fsp3) is 0.867. The van der Waals surface area contributed by atoms with Crippen molar-refractivity contribution in [3.8, 4) is 0 Å². The Morgan fingerprint density at radius 3 is 1.20 bits per heavy atom. The second-order valence-corrected chi connectivity index (χ2v) is 20.1. The molecule has 66 heavy (non-hydrogen) atoms. The Bertz CT molecular complexity index is 1090. The predicted molar refractivity (Wildman–Crippen MR) is 287 cm³/mol. The summed E-state index contributed by atoms with van der Waals surface area (Å²) >= 11 is 0. The highest BCUT2D eigenvalue weighted by molar-refractivity contribution is 5.77. The largest absolute Gasteiger partial charge is 0.462 e. The van der Waals surface area contributed by atoms with Crippen molar-refractivity contribution in [1.29, 1.82) is 0 Å². The van der Waals surface area contributed by atoms with Gasteiger partial charge >= 0.3 is 5.97 Å². The van der Waals surface area contributed by atoms with Gasteiger partial charge in [-0.25, -0.2) is 0 Å². The van der Waals surface area contributed by atoms with Crippen molar-refractivity contribution in [3.63, 3.8) is 0 Å². The van der Waals surface area contributed by atoms with Crippen LogP contribution in [0.3, 0.4) is 0 Å². The Morgan fingerprint density at radius 1 is 0.439 bits per heavy atom. The molecule has 0 fully saturated rings. The fourth-order valence-electron chi connectivity index (χ4n) is 9.01. The third kappa shape index (κ3) is 48.5. The van der Waals surface area contributed by atoms with Gasteiger partial charge in [0.25, 0.3) is 0 Å². The quantitative estimate of drug-likeness (QED) is 0.0244. The van der Waals surface area contributed by atoms with Gasteiger partial charge in [-0.05, 0) is 77.0 Å². The Labute approximate surface area is 411 Å². The van der Waals surface area contributed by atoms with Gasteiger partial charge in [0.05, 0.1) is 25.2 Å². The Morgan fingerprint density at radius 2 is 0.773 bits per heavy atom. The number of carbonyl (C=O) groups is 2. The van der Waals surface area contributed by atoms with Crippen molar-refractivity contribution in [2.24, 2.45) is 0 Å². The molecule has 3 N–H and O–H groups in total. The molecule has 0 heterocycles. The molecule has 6 nitrogen and oxygen atoms in total. The molecular weight excluding hydrogens is 815 g/mol. The van der Waals surface area contributed by atoms with Crippen LogP contribution in [0.5, 0.6) is 0 Å². The van der Waals surface area contributed by atoms with Crippen LogP contribution in [0.25, 0.3) is 0 Å². The lowest BCUT2D eigenvalue weighted by Gasteiger charge is -2.24. The maximum atomic E-state index is 13.3. The SMILES string of the molecule is CCCCC/C=C/C=C/CCCCCCC(CC(=O)NC(CO)C(O)CCCCCCCCCCCCCCCCC)OC(=O)CCCCCCCCCCC/C=C/CCCCCCCC. The molecule has 0 rings (SSSR count). The topological polar surface area (TPSA) is 95.9 Å². The molecule has 0 aromatic carbocycles. The zero-order valence-electron chi connectivity index (χ0n) is 44.3. The minimum Gasteiger partial charge on any atom is -0.462 e. The van der Waals surface area contributed by atoms with Crippen LogP contribution < -0.4 is 5.32 Å². The van der Waals surface area contributed by atoms with Crippen molar-refractivity contribution < 1.29 is 24.5 Å². The summed E-state index contributed by atoms with van der Waals surface area (Å²) in [4.78, 5) is 26.3. The number of hydrogen-bond acceptors (Lipinski definition) is 5. The van der Waals surface area contributed by atoms with E-state index in [9.17, 15) is 19.8 Å². The van der Waals surface area contributed by atoms with Gasteiger partial charge in [-0.15, -0.1) is 0 Å². The summed E-state index contributed by atoms with van der Waals surface area (Å²) < 4.78 is 5.95. The Hall–Kier alpha value is -1.92. The highest BCUT2D eigenvalue weighted by atomic mass is 16.5. The van der Waals surface area contributed by atoms with Crippen LogP contribution in [0.1, 0.15) is 310 Å². The van der Waals surface area contributed by atoms with Crippen molar-refractivity contribution in [1.82, 2.24) is 5.32 Å². The molecule has 0 aliphatic heterocycles. The van der Waals surface area contributed by atoms with Gasteiger partial charge < -0.3 is 20.3 Å². The number of carbonyl (C=O) groups excluding carboxylic acids is 2. The van der Waals surface area contributed by atoms with E-state index in [2.05, 4.69) is 62.5 Å². The van der Waals surface area contributed by atoms with E-state index in [1.54, 1.807) is 0 Å². The van der Waals surface area contributed by atoms with Crippen molar-refractivity contribution in [2.75, 3.05) is 6.61 Å². The molecule has 6 heteroatoms. The summed E-state index contributed by atoms with van der Waals surface area (Å²) in [5.41, 5.74) is 0. The van der Waals surface area contributed by atoms with Crippen LogP contribution in [0.2, 0.25) is 0 Å². The number of rotatable bonds is 53. The van der Waals surface area contributed by atoms with E-state index in [4.69, 9.17) is 4.74 Å². The zero-order chi connectivity index (χ0) is 48.1. The highest BCUT2D eigenvalue weighted by Crippen LogP contribution is 2.18. The molecule has 1 amide bonds. The average molecular weight is 929 g/mol. The molecule has 0 saturated carbocycles. The van der Waals surface area contributed by atoms with Gasteiger partial charge in [0, 0.05) is 6.42 Å². The first kappa shape index (κ1) is 64.1. The van der Waals surface area contributed by atoms with Gasteiger partial charge in [-0.1, -0.05) is 256 Å². The smallest absolute Gasteiger partial charge is 0.306 e. The number of aliphatic hydroxyl groups is 2. The van der Waals surface area contributed by atoms with Crippen molar-refractivity contribution in [2.45, 2.75) is 328 Å². The number of allylic oxidation sites excluding steroid dienone is 6. The molecule has 0 bridgehead atoms. The normalized spacial score (nSPS) is 13.3. The highest BCUT2D eigenvalue weighted by Gasteiger charge is 2.24. The fourth-order valence-corrected chi connectivity index (χ4v) is 9.01. The lowest BCUT2D eigenvalue weighted by molar-refractivity contribution is -0.151. The summed E-state index contributed by atoms with van der Waals surface area (Å²) in [7, 11) is 0. The lowest BCUT2D eigenvalue weighted by Crippen LogP contribution is -2.46. The molecule has 0 radical (unpaired) electrons. The average Bonchev–Trinajstić information content (AvgIpc) is 3.31. The molecule has 0 saturated heterocycles. The van der Waals surface area contributed by atoms with E-state index in [0.29, 0.717) is 19.3 Å². The third-order valence-corrected chi connectivity index (χ3v) is 13.5. The number of aliphatic hydroxyl groups excluding tert-OH is 2. The first-order valence-electron chi connectivity index (χ1n) is 29.2. The number of ether oxygens (including phenoxy) is 1. The van der Waals surface area contributed by atoms with Crippen LogP contribution in [0.15, 0.2) is 36.5 Å². The van der Waals surface area contributed by atoms with Crippen LogP contribution in [0.4, 0.5) is 0 Å². The zero-order valence-corrected chi connectivity index (χ0v) is 44.3. The molecule has 0 aromatic rings. The van der Waals surface area contributed by atoms with Gasteiger partial charge in [-0.2, -0.15) is 0 Å². The molecular formula is C60H113NO5. The van der Waals surface area contributed by atoms with Crippen LogP contribution in [0, 0.1) is 0 Å². The molecule has 0 spiro atoms.